The quantitative estimate of drug-likeness (QED) is 0.856. The molecular formula is C11H20ClNO3Si. The molecule has 2 N–H and O–H groups in total. The molecule has 0 spiro atoms. The van der Waals surface area contributed by atoms with Crippen LogP contribution in [-0.4, -0.2) is 30.3 Å². The highest BCUT2D eigenvalue weighted by molar-refractivity contribution is 6.56. The lowest BCUT2D eigenvalue weighted by Crippen LogP contribution is -2.52. The van der Waals surface area contributed by atoms with Gasteiger partial charge in [0.25, 0.3) is 0 Å². The third-order valence-electron chi connectivity index (χ3n) is 1.89. The van der Waals surface area contributed by atoms with E-state index in [4.69, 9.17) is 18.7 Å². The van der Waals surface area contributed by atoms with Gasteiger partial charge in [0.2, 0.25) is 0 Å². The lowest BCUT2D eigenvalue weighted by atomic mass is 10.2. The zero-order valence-corrected chi connectivity index (χ0v) is 12.2. The van der Waals surface area contributed by atoms with Crippen LogP contribution >= 0.6 is 12.4 Å². The van der Waals surface area contributed by atoms with Crippen molar-refractivity contribution in [2.45, 2.75) is 0 Å². The maximum atomic E-state index is 5.37. The van der Waals surface area contributed by atoms with E-state index in [1.807, 2.05) is 36.4 Å². The van der Waals surface area contributed by atoms with Crippen molar-refractivity contribution in [3.63, 3.8) is 0 Å². The second kappa shape index (κ2) is 10.5. The highest BCUT2D eigenvalue weighted by Gasteiger charge is 2.32. The summed E-state index contributed by atoms with van der Waals surface area (Å²) in [5.41, 5.74) is 1.17. The summed E-state index contributed by atoms with van der Waals surface area (Å²) >= 11 is 0. The van der Waals surface area contributed by atoms with Crippen molar-refractivity contribution >= 4 is 27.4 Å². The molecule has 0 saturated carbocycles. The Balaban J connectivity index is 0. The largest absolute Gasteiger partial charge is 0.593 e. The molecule has 1 aromatic carbocycles. The summed E-state index contributed by atoms with van der Waals surface area (Å²) in [4.78, 5) is 0. The average molecular weight is 278 g/mol. The van der Waals surface area contributed by atoms with Gasteiger partial charge in [-0.3, -0.25) is 5.40 Å². The Morgan fingerprint density at radius 1 is 1.06 bits per heavy atom. The minimum absolute atomic E-state index is 0. The maximum Gasteiger partial charge on any atom is 0.593 e. The number of nitrogens with two attached hydrogens (primary N) is 1. The van der Waals surface area contributed by atoms with E-state index in [0.717, 1.165) is 0 Å². The van der Waals surface area contributed by atoms with Crippen molar-refractivity contribution < 1.29 is 13.3 Å². The topological polar surface area (TPSA) is 53.7 Å². The van der Waals surface area contributed by atoms with Crippen molar-refractivity contribution in [1.82, 2.24) is 0 Å². The predicted molar refractivity (Wildman–Crippen MR) is 74.7 cm³/mol. The first kappa shape index (κ1) is 18.7. The third kappa shape index (κ3) is 8.09. The van der Waals surface area contributed by atoms with Crippen LogP contribution in [0.25, 0.3) is 6.08 Å². The van der Waals surface area contributed by atoms with Gasteiger partial charge in [-0.25, -0.2) is 0 Å². The summed E-state index contributed by atoms with van der Waals surface area (Å²) in [6.07, 6.45) is 1.83. The number of rotatable bonds is 4. The van der Waals surface area contributed by atoms with Crippen molar-refractivity contribution in [3.8, 4) is 0 Å². The lowest BCUT2D eigenvalue weighted by Gasteiger charge is -2.17. The first-order valence-electron chi connectivity index (χ1n) is 4.73. The van der Waals surface area contributed by atoms with Crippen LogP contribution in [0, 0.1) is 0 Å². The molecule has 0 unspecified atom stereocenters. The molecule has 17 heavy (non-hydrogen) atoms. The van der Waals surface area contributed by atoms with Crippen LogP contribution in [0.3, 0.4) is 0 Å². The molecule has 0 amide bonds. The van der Waals surface area contributed by atoms with Gasteiger partial charge in [-0.1, -0.05) is 43.0 Å². The van der Waals surface area contributed by atoms with E-state index in [-0.39, 0.29) is 12.4 Å². The van der Waals surface area contributed by atoms with Gasteiger partial charge in [-0.05, 0) is 5.56 Å². The smallest absolute Gasteiger partial charge is 0.365 e. The normalized spacial score (nSPS) is 9.65. The van der Waals surface area contributed by atoms with Crippen molar-refractivity contribution in [1.29, 1.82) is 0 Å². The molecule has 0 saturated heterocycles. The summed E-state index contributed by atoms with van der Waals surface area (Å²) in [6, 6.07) is 10.0. The van der Waals surface area contributed by atoms with Crippen molar-refractivity contribution in [3.05, 3.63) is 42.5 Å². The number of halogens is 1. The Kier molecular flexibility index (Phi) is 11.5. The summed E-state index contributed by atoms with van der Waals surface area (Å²) in [6.45, 7) is 3.63. The van der Waals surface area contributed by atoms with Crippen LogP contribution < -0.4 is 5.40 Å². The van der Waals surface area contributed by atoms with E-state index in [2.05, 4.69) is 6.58 Å². The molecular weight excluding hydrogens is 258 g/mol. The fourth-order valence-corrected chi connectivity index (χ4v) is 1.34. The monoisotopic (exact) mass is 277 g/mol. The van der Waals surface area contributed by atoms with Crippen LogP contribution in [0.4, 0.5) is 0 Å². The van der Waals surface area contributed by atoms with Gasteiger partial charge in [-0.15, -0.1) is 12.4 Å². The van der Waals surface area contributed by atoms with E-state index < -0.39 is 8.97 Å². The van der Waals surface area contributed by atoms with Gasteiger partial charge >= 0.3 is 8.97 Å². The molecule has 4 nitrogen and oxygen atoms in total. The van der Waals surface area contributed by atoms with E-state index >= 15 is 0 Å². The Hall–Kier alpha value is -0.693. The highest BCUT2D eigenvalue weighted by atomic mass is 35.5. The first-order chi connectivity index (χ1) is 7.61. The average Bonchev–Trinajstić information content (AvgIpc) is 2.39. The number of benzene rings is 1. The summed E-state index contributed by atoms with van der Waals surface area (Å²) < 4.78 is 14.1. The molecule has 6 heteroatoms. The fraction of sp³-hybridized carbons (Fsp3) is 0.273. The molecule has 0 atom stereocenters. The molecule has 0 aliphatic heterocycles. The van der Waals surface area contributed by atoms with Crippen LogP contribution in [0.1, 0.15) is 5.56 Å². The van der Waals surface area contributed by atoms with E-state index in [0.29, 0.717) is 0 Å². The second-order valence-electron chi connectivity index (χ2n) is 2.83. The zero-order chi connectivity index (χ0) is 12.4. The molecule has 0 aromatic heterocycles. The van der Waals surface area contributed by atoms with Crippen molar-refractivity contribution in [2.24, 2.45) is 5.40 Å². The number of hydrogen-bond acceptors (Lipinski definition) is 4. The highest BCUT2D eigenvalue weighted by Crippen LogP contribution is 1.97. The van der Waals surface area contributed by atoms with Crippen LogP contribution in [0.2, 0.25) is 0 Å². The molecule has 0 heterocycles. The maximum absolute atomic E-state index is 5.37. The minimum Gasteiger partial charge on any atom is -0.365 e. The summed E-state index contributed by atoms with van der Waals surface area (Å²) in [7, 11) is 1.70. The second-order valence-corrected chi connectivity index (χ2v) is 5.26. The SMILES string of the molecule is C=Cc1ccccc1.CO[Si](N)(OC)OC.Cl. The van der Waals surface area contributed by atoms with Gasteiger partial charge in [0.1, 0.15) is 0 Å². The van der Waals surface area contributed by atoms with Gasteiger partial charge < -0.3 is 13.3 Å². The van der Waals surface area contributed by atoms with Gasteiger partial charge in [0.15, 0.2) is 0 Å². The summed E-state index contributed by atoms with van der Waals surface area (Å²) in [5.74, 6) is 0. The molecule has 0 radical (unpaired) electrons. The van der Waals surface area contributed by atoms with Crippen LogP contribution in [0.15, 0.2) is 36.9 Å². The predicted octanol–water partition coefficient (Wildman–Crippen LogP) is 2.07. The van der Waals surface area contributed by atoms with E-state index in [9.17, 15) is 0 Å². The molecule has 0 aliphatic carbocycles. The lowest BCUT2D eigenvalue weighted by molar-refractivity contribution is 0.125. The number of hydrogen-bond donors (Lipinski definition) is 1. The molecule has 0 fully saturated rings. The Labute approximate surface area is 110 Å². The molecule has 0 bridgehead atoms. The van der Waals surface area contributed by atoms with E-state index in [1.54, 1.807) is 0 Å². The van der Waals surface area contributed by atoms with Crippen molar-refractivity contribution in [2.75, 3.05) is 21.3 Å². The molecule has 1 aromatic rings. The Morgan fingerprint density at radius 2 is 1.47 bits per heavy atom. The summed E-state index contributed by atoms with van der Waals surface area (Å²) in [5, 5.41) is 5.37. The van der Waals surface area contributed by atoms with Gasteiger partial charge in [0, 0.05) is 21.3 Å². The molecule has 0 aliphatic rings. The molecule has 1 rings (SSSR count). The van der Waals surface area contributed by atoms with Gasteiger partial charge in [0.05, 0.1) is 0 Å². The third-order valence-corrected chi connectivity index (χ3v) is 3.60. The van der Waals surface area contributed by atoms with Gasteiger partial charge in [-0.2, -0.15) is 0 Å². The van der Waals surface area contributed by atoms with E-state index in [1.165, 1.54) is 26.9 Å². The molecule has 98 valence electrons. The zero-order valence-electron chi connectivity index (χ0n) is 10.4. The van der Waals surface area contributed by atoms with Crippen LogP contribution in [-0.2, 0) is 13.3 Å². The Morgan fingerprint density at radius 3 is 1.65 bits per heavy atom. The first-order valence-corrected chi connectivity index (χ1v) is 6.54. The van der Waals surface area contributed by atoms with Crippen LogP contribution in [0.5, 0.6) is 0 Å². The Bertz CT molecular complexity index is 286. The standard InChI is InChI=1S/C8H8.C3H11NO3Si.ClH/c1-2-8-6-4-3-5-7-8;1-5-8(4,6-2)7-3;/h2-7H,1H2;4H2,1-3H3;1H. The minimum atomic E-state index is -2.67. The fourth-order valence-electron chi connectivity index (χ4n) is 0.839.